The van der Waals surface area contributed by atoms with E-state index in [1.54, 1.807) is 12.3 Å². The van der Waals surface area contributed by atoms with Gasteiger partial charge >= 0.3 is 0 Å². The van der Waals surface area contributed by atoms with E-state index in [0.29, 0.717) is 30.8 Å². The summed E-state index contributed by atoms with van der Waals surface area (Å²) < 4.78 is 5.37. The number of hydrogen-bond donors (Lipinski definition) is 0. The van der Waals surface area contributed by atoms with E-state index >= 15 is 0 Å². The van der Waals surface area contributed by atoms with Crippen LogP contribution in [0.1, 0.15) is 28.9 Å². The summed E-state index contributed by atoms with van der Waals surface area (Å²) in [5, 5.41) is 0. The van der Waals surface area contributed by atoms with Crippen molar-refractivity contribution in [2.24, 2.45) is 5.92 Å². The van der Waals surface area contributed by atoms with Crippen LogP contribution < -0.4 is 4.90 Å². The third-order valence-corrected chi connectivity index (χ3v) is 5.42. The lowest BCUT2D eigenvalue weighted by Gasteiger charge is -2.32. The van der Waals surface area contributed by atoms with Gasteiger partial charge in [-0.15, -0.1) is 0 Å². The number of likely N-dealkylation sites (tertiary alicyclic amines) is 1. The monoisotopic (exact) mass is 366 g/mol. The van der Waals surface area contributed by atoms with E-state index in [0.717, 1.165) is 45.4 Å². The number of nitrogens with zero attached hydrogens (tertiary/aromatic N) is 4. The van der Waals surface area contributed by atoms with Crippen LogP contribution in [0.3, 0.4) is 0 Å². The molecule has 1 aromatic heterocycles. The largest absolute Gasteiger partial charge is 0.378 e. The first-order valence-corrected chi connectivity index (χ1v) is 9.78. The van der Waals surface area contributed by atoms with Crippen LogP contribution in [-0.4, -0.2) is 60.2 Å². The third-order valence-electron chi connectivity index (χ3n) is 5.42. The predicted molar refractivity (Wildman–Crippen MR) is 104 cm³/mol. The van der Waals surface area contributed by atoms with Crippen LogP contribution in [0.15, 0.2) is 42.6 Å². The fourth-order valence-electron chi connectivity index (χ4n) is 3.83. The average molecular weight is 366 g/mol. The summed E-state index contributed by atoms with van der Waals surface area (Å²) in [6.45, 7) is 4.48. The molecule has 0 atom stereocenters. The zero-order chi connectivity index (χ0) is 18.5. The Balaban J connectivity index is 1.35. The van der Waals surface area contributed by atoms with Crippen molar-refractivity contribution in [3.63, 3.8) is 0 Å². The van der Waals surface area contributed by atoms with Crippen LogP contribution >= 0.6 is 0 Å². The van der Waals surface area contributed by atoms with Gasteiger partial charge in [-0.3, -0.25) is 4.79 Å². The molecule has 0 bridgehead atoms. The van der Waals surface area contributed by atoms with Crippen molar-refractivity contribution >= 4 is 11.9 Å². The van der Waals surface area contributed by atoms with Crippen molar-refractivity contribution < 1.29 is 9.53 Å². The minimum Gasteiger partial charge on any atom is -0.378 e. The Morgan fingerprint density at radius 1 is 1.04 bits per heavy atom. The third kappa shape index (κ3) is 4.45. The lowest BCUT2D eigenvalue weighted by Crippen LogP contribution is -2.40. The van der Waals surface area contributed by atoms with Gasteiger partial charge in [-0.25, -0.2) is 9.97 Å². The van der Waals surface area contributed by atoms with Crippen molar-refractivity contribution in [3.8, 4) is 0 Å². The maximum absolute atomic E-state index is 12.9. The summed E-state index contributed by atoms with van der Waals surface area (Å²) in [6.07, 6.45) is 4.87. The van der Waals surface area contributed by atoms with Gasteiger partial charge in [0.15, 0.2) is 0 Å². The number of carbonyl (C=O) groups excluding carboxylic acids is 1. The topological polar surface area (TPSA) is 58.6 Å². The van der Waals surface area contributed by atoms with Crippen molar-refractivity contribution in [3.05, 3.63) is 53.9 Å². The average Bonchev–Trinajstić information content (AvgIpc) is 2.75. The summed E-state index contributed by atoms with van der Waals surface area (Å²) >= 11 is 0. The molecular formula is C21H26N4O2. The molecule has 2 fully saturated rings. The Labute approximate surface area is 160 Å². The van der Waals surface area contributed by atoms with E-state index < -0.39 is 0 Å². The molecule has 0 radical (unpaired) electrons. The molecular weight excluding hydrogens is 340 g/mol. The number of anilines is 1. The number of carbonyl (C=O) groups is 1. The van der Waals surface area contributed by atoms with E-state index in [2.05, 4.69) is 45.2 Å². The van der Waals surface area contributed by atoms with Crippen molar-refractivity contribution in [1.29, 1.82) is 0 Å². The molecule has 1 amide bonds. The van der Waals surface area contributed by atoms with Crippen LogP contribution in [0.4, 0.5) is 5.95 Å². The molecule has 2 aliphatic rings. The zero-order valence-electron chi connectivity index (χ0n) is 15.6. The molecule has 0 N–H and O–H groups in total. The van der Waals surface area contributed by atoms with Gasteiger partial charge in [0.25, 0.3) is 5.91 Å². The molecule has 2 saturated heterocycles. The fraction of sp³-hybridized carbons (Fsp3) is 0.476. The number of piperidine rings is 1. The van der Waals surface area contributed by atoms with Gasteiger partial charge in [0.2, 0.25) is 5.95 Å². The highest BCUT2D eigenvalue weighted by Crippen LogP contribution is 2.23. The Hall–Kier alpha value is -2.47. The fourth-order valence-corrected chi connectivity index (χ4v) is 3.83. The number of aromatic nitrogens is 2. The summed E-state index contributed by atoms with van der Waals surface area (Å²) in [6, 6.07) is 12.3. The van der Waals surface area contributed by atoms with Gasteiger partial charge in [-0.05, 0) is 36.8 Å². The molecule has 0 aliphatic carbocycles. The van der Waals surface area contributed by atoms with E-state index in [-0.39, 0.29) is 5.91 Å². The van der Waals surface area contributed by atoms with E-state index in [1.165, 1.54) is 5.56 Å². The zero-order valence-corrected chi connectivity index (χ0v) is 15.6. The predicted octanol–water partition coefficient (Wildman–Crippen LogP) is 2.41. The molecule has 0 unspecified atom stereocenters. The van der Waals surface area contributed by atoms with Gasteiger partial charge in [-0.1, -0.05) is 30.3 Å². The quantitative estimate of drug-likeness (QED) is 0.832. The Bertz CT molecular complexity index is 754. The molecule has 6 nitrogen and oxygen atoms in total. The first-order valence-electron chi connectivity index (χ1n) is 9.78. The number of morpholine rings is 1. The minimum absolute atomic E-state index is 0.0186. The Morgan fingerprint density at radius 3 is 2.52 bits per heavy atom. The summed E-state index contributed by atoms with van der Waals surface area (Å²) in [7, 11) is 0. The van der Waals surface area contributed by atoms with Crippen LogP contribution in [-0.2, 0) is 11.2 Å². The van der Waals surface area contributed by atoms with Crippen LogP contribution in [0.5, 0.6) is 0 Å². The molecule has 2 aromatic rings. The van der Waals surface area contributed by atoms with Crippen LogP contribution in [0.25, 0.3) is 0 Å². The van der Waals surface area contributed by atoms with Gasteiger partial charge in [0, 0.05) is 32.4 Å². The Kier molecular flexibility index (Phi) is 5.63. The molecule has 2 aliphatic heterocycles. The maximum Gasteiger partial charge on any atom is 0.272 e. The number of ether oxygens (including phenoxy) is 1. The molecule has 1 aromatic carbocycles. The first kappa shape index (κ1) is 17.9. The van der Waals surface area contributed by atoms with Gasteiger partial charge in [-0.2, -0.15) is 0 Å². The van der Waals surface area contributed by atoms with E-state index in [9.17, 15) is 4.79 Å². The standard InChI is InChI=1S/C21H26N4O2/c26-20(19-6-9-22-21(23-19)25-12-14-27-15-13-25)24-10-7-18(8-11-24)16-17-4-2-1-3-5-17/h1-6,9,18H,7-8,10-16H2. The highest BCUT2D eigenvalue weighted by molar-refractivity contribution is 5.92. The normalized spacial score (nSPS) is 18.5. The molecule has 0 saturated carbocycles. The molecule has 3 heterocycles. The summed E-state index contributed by atoms with van der Waals surface area (Å²) in [5.41, 5.74) is 1.88. The molecule has 27 heavy (non-hydrogen) atoms. The van der Waals surface area contributed by atoms with Crippen molar-refractivity contribution in [2.45, 2.75) is 19.3 Å². The number of amides is 1. The second-order valence-electron chi connectivity index (χ2n) is 7.27. The lowest BCUT2D eigenvalue weighted by molar-refractivity contribution is 0.0684. The first-order chi connectivity index (χ1) is 13.3. The summed E-state index contributed by atoms with van der Waals surface area (Å²) in [5.74, 6) is 1.29. The van der Waals surface area contributed by atoms with Crippen LogP contribution in [0, 0.1) is 5.92 Å². The highest BCUT2D eigenvalue weighted by atomic mass is 16.5. The number of hydrogen-bond acceptors (Lipinski definition) is 5. The SMILES string of the molecule is O=C(c1ccnc(N2CCOCC2)n1)N1CCC(Cc2ccccc2)CC1. The van der Waals surface area contributed by atoms with Gasteiger partial charge in [0.1, 0.15) is 5.69 Å². The lowest BCUT2D eigenvalue weighted by atomic mass is 9.90. The van der Waals surface area contributed by atoms with E-state index in [4.69, 9.17) is 4.74 Å². The van der Waals surface area contributed by atoms with Gasteiger partial charge < -0.3 is 14.5 Å². The van der Waals surface area contributed by atoms with E-state index in [1.807, 2.05) is 4.90 Å². The number of rotatable bonds is 4. The molecule has 142 valence electrons. The molecule has 6 heteroatoms. The number of benzene rings is 1. The second-order valence-corrected chi connectivity index (χ2v) is 7.27. The Morgan fingerprint density at radius 2 is 1.78 bits per heavy atom. The maximum atomic E-state index is 12.9. The second kappa shape index (κ2) is 8.48. The molecule has 4 rings (SSSR count). The minimum atomic E-state index is 0.0186. The van der Waals surface area contributed by atoms with Crippen molar-refractivity contribution in [2.75, 3.05) is 44.3 Å². The summed E-state index contributed by atoms with van der Waals surface area (Å²) in [4.78, 5) is 25.8. The highest BCUT2D eigenvalue weighted by Gasteiger charge is 2.25. The van der Waals surface area contributed by atoms with Gasteiger partial charge in [0.05, 0.1) is 13.2 Å². The molecule has 0 spiro atoms. The van der Waals surface area contributed by atoms with Crippen molar-refractivity contribution in [1.82, 2.24) is 14.9 Å². The van der Waals surface area contributed by atoms with Crippen LogP contribution in [0.2, 0.25) is 0 Å². The smallest absolute Gasteiger partial charge is 0.272 e.